The van der Waals surface area contributed by atoms with E-state index in [1.165, 1.54) is 0 Å². The smallest absolute Gasteiger partial charge is 0.335 e. The molecule has 0 aliphatic rings. The van der Waals surface area contributed by atoms with Gasteiger partial charge in [-0.2, -0.15) is 0 Å². The summed E-state index contributed by atoms with van der Waals surface area (Å²) < 4.78 is 5.70. The minimum Gasteiger partial charge on any atom is -0.489 e. The Morgan fingerprint density at radius 1 is 1.11 bits per heavy atom. The quantitative estimate of drug-likeness (QED) is 0.909. The number of carboxylic acids is 1. The van der Waals surface area contributed by atoms with E-state index < -0.39 is 5.97 Å². The van der Waals surface area contributed by atoms with Gasteiger partial charge in [-0.3, -0.25) is 0 Å². The second-order valence-electron chi connectivity index (χ2n) is 4.62. The van der Waals surface area contributed by atoms with E-state index >= 15 is 0 Å². The van der Waals surface area contributed by atoms with Crippen molar-refractivity contribution in [3.8, 4) is 5.75 Å². The van der Waals surface area contributed by atoms with Crippen molar-refractivity contribution in [2.75, 3.05) is 0 Å². The van der Waals surface area contributed by atoms with E-state index in [9.17, 15) is 4.79 Å². The second kappa shape index (κ2) is 5.57. The molecule has 0 spiro atoms. The average Bonchev–Trinajstić information content (AvgIpc) is 2.35. The Bertz CT molecular complexity index is 582. The number of carboxylic acid groups (broad SMARTS) is 1. The molecule has 0 saturated heterocycles. The van der Waals surface area contributed by atoms with E-state index in [0.717, 1.165) is 22.4 Å². The minimum absolute atomic E-state index is 0.279. The molecule has 3 heteroatoms. The molecule has 0 saturated carbocycles. The first-order chi connectivity index (χ1) is 9.04. The molecule has 98 valence electrons. The third-order valence-corrected chi connectivity index (χ3v) is 2.77. The van der Waals surface area contributed by atoms with Crippen molar-refractivity contribution in [3.05, 3.63) is 64.7 Å². The number of hydrogen-bond acceptors (Lipinski definition) is 2. The highest BCUT2D eigenvalue weighted by Gasteiger charge is 2.04. The topological polar surface area (TPSA) is 46.5 Å². The molecule has 0 amide bonds. The van der Waals surface area contributed by atoms with E-state index in [-0.39, 0.29) is 5.56 Å². The molecule has 2 aromatic carbocycles. The summed E-state index contributed by atoms with van der Waals surface area (Å²) >= 11 is 0. The van der Waals surface area contributed by atoms with Crippen LogP contribution in [0.25, 0.3) is 0 Å². The Morgan fingerprint density at radius 2 is 1.79 bits per heavy atom. The molecule has 1 N–H and O–H groups in total. The normalized spacial score (nSPS) is 10.2. The van der Waals surface area contributed by atoms with Gasteiger partial charge in [0.15, 0.2) is 0 Å². The van der Waals surface area contributed by atoms with Crippen LogP contribution in [0.1, 0.15) is 27.0 Å². The van der Waals surface area contributed by atoms with Crippen molar-refractivity contribution in [1.82, 2.24) is 0 Å². The Balaban J connectivity index is 2.10. The van der Waals surface area contributed by atoms with Crippen LogP contribution in [0.5, 0.6) is 5.75 Å². The van der Waals surface area contributed by atoms with Gasteiger partial charge >= 0.3 is 5.97 Å². The zero-order chi connectivity index (χ0) is 13.8. The summed E-state index contributed by atoms with van der Waals surface area (Å²) in [5, 5.41) is 8.93. The van der Waals surface area contributed by atoms with Crippen LogP contribution in [0, 0.1) is 13.8 Å². The lowest BCUT2D eigenvalue weighted by molar-refractivity contribution is 0.0696. The van der Waals surface area contributed by atoms with Gasteiger partial charge in [0.2, 0.25) is 0 Å². The van der Waals surface area contributed by atoms with Gasteiger partial charge < -0.3 is 9.84 Å². The standard InChI is InChI=1S/C16H16O3/c1-11-6-12(2)8-15(7-11)19-10-13-4-3-5-14(9-13)16(17)18/h3-9H,10H2,1-2H3,(H,17,18). The molecule has 2 aromatic rings. The van der Waals surface area contributed by atoms with Gasteiger partial charge in [-0.1, -0.05) is 18.2 Å². The SMILES string of the molecule is Cc1cc(C)cc(OCc2cccc(C(=O)O)c2)c1. The minimum atomic E-state index is -0.923. The van der Waals surface area contributed by atoms with Gasteiger partial charge in [0, 0.05) is 0 Å². The number of aryl methyl sites for hydroxylation is 2. The molecule has 0 aliphatic heterocycles. The van der Waals surface area contributed by atoms with Crippen molar-refractivity contribution < 1.29 is 14.6 Å². The molecule has 19 heavy (non-hydrogen) atoms. The van der Waals surface area contributed by atoms with Crippen molar-refractivity contribution in [1.29, 1.82) is 0 Å². The lowest BCUT2D eigenvalue weighted by Crippen LogP contribution is -2.00. The zero-order valence-corrected chi connectivity index (χ0v) is 11.0. The van der Waals surface area contributed by atoms with E-state index in [1.54, 1.807) is 18.2 Å². The fourth-order valence-corrected chi connectivity index (χ4v) is 1.98. The maximum absolute atomic E-state index is 10.9. The van der Waals surface area contributed by atoms with Crippen LogP contribution in [0.3, 0.4) is 0 Å². The van der Waals surface area contributed by atoms with E-state index in [4.69, 9.17) is 9.84 Å². The van der Waals surface area contributed by atoms with Crippen molar-refractivity contribution >= 4 is 5.97 Å². The van der Waals surface area contributed by atoms with Gasteiger partial charge in [0.05, 0.1) is 5.56 Å². The Hall–Kier alpha value is -2.29. The Kier molecular flexibility index (Phi) is 3.85. The Morgan fingerprint density at radius 3 is 2.42 bits per heavy atom. The monoisotopic (exact) mass is 256 g/mol. The number of hydrogen-bond donors (Lipinski definition) is 1. The number of aromatic carboxylic acids is 1. The van der Waals surface area contributed by atoms with Gasteiger partial charge in [0.1, 0.15) is 12.4 Å². The molecule has 0 unspecified atom stereocenters. The van der Waals surface area contributed by atoms with Crippen molar-refractivity contribution in [2.45, 2.75) is 20.5 Å². The lowest BCUT2D eigenvalue weighted by atomic mass is 10.1. The molecular formula is C16H16O3. The Labute approximate surface area is 112 Å². The highest BCUT2D eigenvalue weighted by atomic mass is 16.5. The molecule has 0 aliphatic carbocycles. The van der Waals surface area contributed by atoms with E-state index in [1.807, 2.05) is 32.0 Å². The molecule has 0 atom stereocenters. The summed E-state index contributed by atoms with van der Waals surface area (Å²) in [7, 11) is 0. The third kappa shape index (κ3) is 3.58. The van der Waals surface area contributed by atoms with Crippen LogP contribution in [0.15, 0.2) is 42.5 Å². The third-order valence-electron chi connectivity index (χ3n) is 2.77. The van der Waals surface area contributed by atoms with Crippen molar-refractivity contribution in [3.63, 3.8) is 0 Å². The molecule has 0 bridgehead atoms. The highest BCUT2D eigenvalue weighted by molar-refractivity contribution is 5.87. The van der Waals surface area contributed by atoms with Crippen molar-refractivity contribution in [2.24, 2.45) is 0 Å². The van der Waals surface area contributed by atoms with E-state index in [0.29, 0.717) is 6.61 Å². The largest absolute Gasteiger partial charge is 0.489 e. The maximum atomic E-state index is 10.9. The second-order valence-corrected chi connectivity index (χ2v) is 4.62. The van der Waals surface area contributed by atoms with Crippen LogP contribution in [0.4, 0.5) is 0 Å². The summed E-state index contributed by atoms with van der Waals surface area (Å²) in [6.07, 6.45) is 0. The summed E-state index contributed by atoms with van der Waals surface area (Å²) in [4.78, 5) is 10.9. The van der Waals surface area contributed by atoms with E-state index in [2.05, 4.69) is 6.07 Å². The molecule has 0 aromatic heterocycles. The first-order valence-corrected chi connectivity index (χ1v) is 6.08. The van der Waals surface area contributed by atoms with Gasteiger partial charge in [-0.15, -0.1) is 0 Å². The van der Waals surface area contributed by atoms with Gasteiger partial charge in [0.25, 0.3) is 0 Å². The first-order valence-electron chi connectivity index (χ1n) is 6.08. The summed E-state index contributed by atoms with van der Waals surface area (Å²) in [5.41, 5.74) is 3.42. The van der Waals surface area contributed by atoms with Crippen LogP contribution < -0.4 is 4.74 Å². The van der Waals surface area contributed by atoms with Crippen LogP contribution in [-0.2, 0) is 6.61 Å². The predicted octanol–water partition coefficient (Wildman–Crippen LogP) is 3.58. The molecule has 0 radical (unpaired) electrons. The molecule has 2 rings (SSSR count). The summed E-state index contributed by atoms with van der Waals surface area (Å²) in [6.45, 7) is 4.40. The fourth-order valence-electron chi connectivity index (χ4n) is 1.98. The van der Waals surface area contributed by atoms with Crippen LogP contribution in [0.2, 0.25) is 0 Å². The fraction of sp³-hybridized carbons (Fsp3) is 0.188. The van der Waals surface area contributed by atoms with Gasteiger partial charge in [-0.25, -0.2) is 4.79 Å². The maximum Gasteiger partial charge on any atom is 0.335 e. The molecule has 0 heterocycles. The summed E-state index contributed by atoms with van der Waals surface area (Å²) in [5.74, 6) is -0.119. The van der Waals surface area contributed by atoms with Crippen LogP contribution >= 0.6 is 0 Å². The number of benzene rings is 2. The number of carbonyl (C=O) groups is 1. The number of ether oxygens (including phenoxy) is 1. The first kappa shape index (κ1) is 13.1. The number of rotatable bonds is 4. The van der Waals surface area contributed by atoms with Crippen LogP contribution in [-0.4, -0.2) is 11.1 Å². The average molecular weight is 256 g/mol. The molecule has 3 nitrogen and oxygen atoms in total. The zero-order valence-electron chi connectivity index (χ0n) is 11.0. The lowest BCUT2D eigenvalue weighted by Gasteiger charge is -2.08. The molecular weight excluding hydrogens is 240 g/mol. The predicted molar refractivity (Wildman–Crippen MR) is 73.6 cm³/mol. The highest BCUT2D eigenvalue weighted by Crippen LogP contribution is 2.18. The van der Waals surface area contributed by atoms with Gasteiger partial charge in [-0.05, 0) is 54.8 Å². The molecule has 0 fully saturated rings. The summed E-state index contributed by atoms with van der Waals surface area (Å²) in [6, 6.07) is 12.8.